The Morgan fingerprint density at radius 3 is 1.71 bits per heavy atom. The molecule has 1 atom stereocenters. The van der Waals surface area contributed by atoms with Crippen molar-refractivity contribution < 1.29 is 9.59 Å². The molecule has 21 heavy (non-hydrogen) atoms. The van der Waals surface area contributed by atoms with E-state index in [4.69, 9.17) is 0 Å². The quantitative estimate of drug-likeness (QED) is 0.757. The van der Waals surface area contributed by atoms with Gasteiger partial charge in [0.05, 0.1) is 0 Å². The van der Waals surface area contributed by atoms with Crippen molar-refractivity contribution >= 4 is 11.7 Å². The van der Waals surface area contributed by atoms with Gasteiger partial charge in [-0.25, -0.2) is 0 Å². The minimum absolute atomic E-state index is 0.0713. The number of carbonyl (C=O) groups is 2. The molecule has 0 fully saturated rings. The molecule has 0 N–H and O–H groups in total. The number of Topliss-reactive ketones (excluding diaryl/α,β-unsaturated/α-hetero) is 1. The van der Waals surface area contributed by atoms with Crippen LogP contribution in [0.2, 0.25) is 0 Å². The summed E-state index contributed by atoms with van der Waals surface area (Å²) in [4.78, 5) is 28.9. The number of hydrogen-bond acceptors (Lipinski definition) is 3. The second-order valence-corrected chi connectivity index (χ2v) is 8.36. The Balaban J connectivity index is 5.00. The molecule has 1 unspecified atom stereocenters. The van der Waals surface area contributed by atoms with Gasteiger partial charge < -0.3 is 9.80 Å². The van der Waals surface area contributed by atoms with Gasteiger partial charge in [0.1, 0.15) is 5.78 Å². The van der Waals surface area contributed by atoms with E-state index >= 15 is 0 Å². The van der Waals surface area contributed by atoms with E-state index in [1.807, 2.05) is 62.7 Å². The summed E-state index contributed by atoms with van der Waals surface area (Å²) in [6.45, 7) is 13.3. The molecular weight excluding hydrogens is 264 g/mol. The van der Waals surface area contributed by atoms with Crippen LogP contribution in [0.5, 0.6) is 0 Å². The summed E-state index contributed by atoms with van der Waals surface area (Å²) in [6.07, 6.45) is 0.318. The molecule has 0 spiro atoms. The molecule has 0 aromatic carbocycles. The Hall–Kier alpha value is -0.900. The summed E-state index contributed by atoms with van der Waals surface area (Å²) >= 11 is 0. The maximum Gasteiger partial charge on any atom is 0.226 e. The molecule has 0 aromatic heterocycles. The standard InChI is InChI=1S/C17H34N2O2/c1-16(2,3)13(12-14(20)17(4,5)6)15(21)19(9)11-10-18(7)8/h13H,10-12H2,1-9H3. The lowest BCUT2D eigenvalue weighted by Crippen LogP contribution is -2.43. The second-order valence-electron chi connectivity index (χ2n) is 8.36. The van der Waals surface area contributed by atoms with Crippen molar-refractivity contribution in [2.45, 2.75) is 48.0 Å². The van der Waals surface area contributed by atoms with Crippen molar-refractivity contribution in [2.24, 2.45) is 16.7 Å². The van der Waals surface area contributed by atoms with Gasteiger partial charge in [-0.15, -0.1) is 0 Å². The van der Waals surface area contributed by atoms with Gasteiger partial charge in [0, 0.05) is 37.9 Å². The predicted octanol–water partition coefficient (Wildman–Crippen LogP) is 2.67. The molecule has 1 amide bonds. The van der Waals surface area contributed by atoms with Crippen LogP contribution in [0.15, 0.2) is 0 Å². The van der Waals surface area contributed by atoms with E-state index in [9.17, 15) is 9.59 Å². The van der Waals surface area contributed by atoms with E-state index < -0.39 is 5.41 Å². The van der Waals surface area contributed by atoms with Crippen molar-refractivity contribution in [3.63, 3.8) is 0 Å². The van der Waals surface area contributed by atoms with E-state index in [0.717, 1.165) is 6.54 Å². The van der Waals surface area contributed by atoms with Gasteiger partial charge in [-0.2, -0.15) is 0 Å². The van der Waals surface area contributed by atoms with Crippen LogP contribution in [0.4, 0.5) is 0 Å². The van der Waals surface area contributed by atoms with Crippen LogP contribution in [0.25, 0.3) is 0 Å². The van der Waals surface area contributed by atoms with Gasteiger partial charge in [-0.3, -0.25) is 9.59 Å². The molecule has 0 bridgehead atoms. The molecule has 124 valence electrons. The number of rotatable bonds is 6. The molecule has 0 heterocycles. The highest BCUT2D eigenvalue weighted by Crippen LogP contribution is 2.33. The fourth-order valence-electron chi connectivity index (χ4n) is 1.98. The Morgan fingerprint density at radius 1 is 0.905 bits per heavy atom. The number of likely N-dealkylation sites (N-methyl/N-ethyl adjacent to an activating group) is 2. The Kier molecular flexibility index (Phi) is 7.07. The molecule has 0 aromatic rings. The highest BCUT2D eigenvalue weighted by molar-refractivity contribution is 5.89. The number of hydrogen-bond donors (Lipinski definition) is 0. The van der Waals surface area contributed by atoms with Crippen LogP contribution in [-0.2, 0) is 9.59 Å². The average Bonchev–Trinajstić information content (AvgIpc) is 2.28. The Bertz CT molecular complexity index is 362. The topological polar surface area (TPSA) is 40.6 Å². The fourth-order valence-corrected chi connectivity index (χ4v) is 1.98. The largest absolute Gasteiger partial charge is 0.344 e. The number of amides is 1. The number of ketones is 1. The maximum absolute atomic E-state index is 12.7. The van der Waals surface area contributed by atoms with Crippen molar-refractivity contribution in [2.75, 3.05) is 34.2 Å². The lowest BCUT2D eigenvalue weighted by Gasteiger charge is -2.34. The van der Waals surface area contributed by atoms with Crippen LogP contribution in [0.1, 0.15) is 48.0 Å². The monoisotopic (exact) mass is 298 g/mol. The molecule has 4 heteroatoms. The molecule has 0 aliphatic heterocycles. The predicted molar refractivity (Wildman–Crippen MR) is 88.2 cm³/mol. The van der Waals surface area contributed by atoms with Crippen molar-refractivity contribution in [3.05, 3.63) is 0 Å². The summed E-state index contributed by atoms with van der Waals surface area (Å²) in [6, 6.07) is 0. The van der Waals surface area contributed by atoms with Gasteiger partial charge in [-0.1, -0.05) is 41.5 Å². The van der Waals surface area contributed by atoms with Crippen LogP contribution in [0.3, 0.4) is 0 Å². The highest BCUT2D eigenvalue weighted by Gasteiger charge is 2.37. The van der Waals surface area contributed by atoms with Gasteiger partial charge in [-0.05, 0) is 19.5 Å². The van der Waals surface area contributed by atoms with Gasteiger partial charge in [0.2, 0.25) is 5.91 Å². The van der Waals surface area contributed by atoms with Gasteiger partial charge in [0.15, 0.2) is 0 Å². The van der Waals surface area contributed by atoms with Crippen LogP contribution in [0, 0.1) is 16.7 Å². The molecule has 0 radical (unpaired) electrons. The first-order valence-corrected chi connectivity index (χ1v) is 7.70. The normalized spacial score (nSPS) is 14.2. The Labute approximate surface area is 130 Å². The van der Waals surface area contributed by atoms with Crippen LogP contribution >= 0.6 is 0 Å². The van der Waals surface area contributed by atoms with Gasteiger partial charge in [0.25, 0.3) is 0 Å². The summed E-state index contributed by atoms with van der Waals surface area (Å²) in [7, 11) is 5.80. The van der Waals surface area contributed by atoms with Crippen molar-refractivity contribution in [3.8, 4) is 0 Å². The summed E-state index contributed by atoms with van der Waals surface area (Å²) in [5.74, 6) is -0.0462. The average molecular weight is 298 g/mol. The lowest BCUT2D eigenvalue weighted by molar-refractivity contribution is -0.142. The van der Waals surface area contributed by atoms with Crippen LogP contribution in [-0.4, -0.2) is 55.7 Å². The second kappa shape index (κ2) is 7.39. The molecule has 4 nitrogen and oxygen atoms in total. The maximum atomic E-state index is 12.7. The van der Waals surface area contributed by atoms with Gasteiger partial charge >= 0.3 is 0 Å². The van der Waals surface area contributed by atoms with E-state index in [-0.39, 0.29) is 23.0 Å². The smallest absolute Gasteiger partial charge is 0.226 e. The van der Waals surface area contributed by atoms with E-state index in [2.05, 4.69) is 4.90 Å². The van der Waals surface area contributed by atoms with Crippen molar-refractivity contribution in [1.82, 2.24) is 9.80 Å². The molecular formula is C17H34N2O2. The highest BCUT2D eigenvalue weighted by atomic mass is 16.2. The summed E-state index contributed by atoms with van der Waals surface area (Å²) in [5, 5.41) is 0. The molecule has 0 saturated carbocycles. The zero-order chi connectivity index (χ0) is 17.0. The lowest BCUT2D eigenvalue weighted by atomic mass is 9.73. The third-order valence-electron chi connectivity index (χ3n) is 3.83. The zero-order valence-corrected chi connectivity index (χ0v) is 15.4. The van der Waals surface area contributed by atoms with E-state index in [0.29, 0.717) is 13.0 Å². The number of carbonyl (C=O) groups excluding carboxylic acids is 2. The minimum Gasteiger partial charge on any atom is -0.344 e. The molecule has 0 aliphatic rings. The Morgan fingerprint density at radius 2 is 1.38 bits per heavy atom. The third-order valence-corrected chi connectivity index (χ3v) is 3.83. The first-order chi connectivity index (χ1) is 9.26. The van der Waals surface area contributed by atoms with E-state index in [1.165, 1.54) is 0 Å². The first kappa shape index (κ1) is 20.1. The minimum atomic E-state index is -0.397. The summed E-state index contributed by atoms with van der Waals surface area (Å²) in [5.41, 5.74) is -0.615. The molecule has 0 rings (SSSR count). The zero-order valence-electron chi connectivity index (χ0n) is 15.4. The van der Waals surface area contributed by atoms with Crippen LogP contribution < -0.4 is 0 Å². The third kappa shape index (κ3) is 7.07. The van der Waals surface area contributed by atoms with Crippen molar-refractivity contribution in [1.29, 1.82) is 0 Å². The fraction of sp³-hybridized carbons (Fsp3) is 0.882. The van der Waals surface area contributed by atoms with E-state index in [1.54, 1.807) is 4.90 Å². The SMILES string of the molecule is CN(C)CCN(C)C(=O)C(CC(=O)C(C)(C)C)C(C)(C)C. The molecule has 0 aliphatic carbocycles. The molecule has 0 saturated heterocycles. The summed E-state index contributed by atoms with van der Waals surface area (Å²) < 4.78 is 0. The number of nitrogens with zero attached hydrogens (tertiary/aromatic N) is 2. The first-order valence-electron chi connectivity index (χ1n) is 7.70.